The van der Waals surface area contributed by atoms with Gasteiger partial charge in [-0.2, -0.15) is 0 Å². The maximum Gasteiger partial charge on any atom is 0.242 e. The SMILES string of the molecule is CC[C@H](C(=O)NCC(C)C)N(Cc1ccc(Cl)cc1Cl)C(=O)CCCN(c1ccc2c(c1)OCCO2)S(C)(=O)=O. The first-order valence-corrected chi connectivity index (χ1v) is 15.9. The third kappa shape index (κ3) is 8.65. The van der Waals surface area contributed by atoms with Crippen LogP contribution in [0, 0.1) is 5.92 Å². The Kier molecular flexibility index (Phi) is 11.4. The van der Waals surface area contributed by atoms with Gasteiger partial charge in [-0.05, 0) is 48.6 Å². The molecule has 0 aromatic heterocycles. The van der Waals surface area contributed by atoms with Gasteiger partial charge in [0.1, 0.15) is 19.3 Å². The summed E-state index contributed by atoms with van der Waals surface area (Å²) in [5.41, 5.74) is 1.08. The van der Waals surface area contributed by atoms with E-state index in [0.29, 0.717) is 59.0 Å². The number of nitrogens with zero attached hydrogens (tertiary/aromatic N) is 2. The minimum atomic E-state index is -3.65. The zero-order valence-electron chi connectivity index (χ0n) is 23.3. The maximum atomic E-state index is 13.6. The van der Waals surface area contributed by atoms with Crippen molar-refractivity contribution in [3.05, 3.63) is 52.0 Å². The maximum absolute atomic E-state index is 13.6. The zero-order chi connectivity index (χ0) is 29.4. The summed E-state index contributed by atoms with van der Waals surface area (Å²) < 4.78 is 37.7. The van der Waals surface area contributed by atoms with Crippen LogP contribution in [0.1, 0.15) is 45.6 Å². The molecule has 0 bridgehead atoms. The van der Waals surface area contributed by atoms with Crippen molar-refractivity contribution in [1.29, 1.82) is 0 Å². The van der Waals surface area contributed by atoms with Crippen LogP contribution in [0.15, 0.2) is 36.4 Å². The average molecular weight is 615 g/mol. The van der Waals surface area contributed by atoms with Gasteiger partial charge in [0.25, 0.3) is 0 Å². The van der Waals surface area contributed by atoms with Crippen molar-refractivity contribution in [2.24, 2.45) is 5.92 Å². The molecule has 2 aromatic carbocycles. The molecule has 1 N–H and O–H groups in total. The first-order chi connectivity index (χ1) is 18.9. The number of hydrogen-bond donors (Lipinski definition) is 1. The van der Waals surface area contributed by atoms with Gasteiger partial charge in [-0.25, -0.2) is 8.42 Å². The number of benzene rings is 2. The molecule has 0 spiro atoms. The van der Waals surface area contributed by atoms with E-state index in [-0.39, 0.29) is 43.7 Å². The highest BCUT2D eigenvalue weighted by molar-refractivity contribution is 7.92. The molecular formula is C28H37Cl2N3O6S. The molecule has 1 aliphatic rings. The van der Waals surface area contributed by atoms with E-state index < -0.39 is 16.1 Å². The van der Waals surface area contributed by atoms with Crippen molar-refractivity contribution in [1.82, 2.24) is 10.2 Å². The predicted molar refractivity (Wildman–Crippen MR) is 158 cm³/mol. The van der Waals surface area contributed by atoms with Crippen molar-refractivity contribution in [3.63, 3.8) is 0 Å². The Morgan fingerprint density at radius 3 is 2.38 bits per heavy atom. The Morgan fingerprint density at radius 2 is 1.75 bits per heavy atom. The molecule has 12 heteroatoms. The number of amides is 2. The van der Waals surface area contributed by atoms with E-state index in [1.807, 2.05) is 20.8 Å². The number of halogens is 2. The van der Waals surface area contributed by atoms with Gasteiger partial charge >= 0.3 is 0 Å². The Bertz CT molecular complexity index is 1300. The average Bonchev–Trinajstić information content (AvgIpc) is 2.89. The topological polar surface area (TPSA) is 105 Å². The third-order valence-corrected chi connectivity index (χ3v) is 8.17. The lowest BCUT2D eigenvalue weighted by Gasteiger charge is -2.31. The molecule has 0 radical (unpaired) electrons. The van der Waals surface area contributed by atoms with E-state index in [1.165, 1.54) is 9.21 Å². The van der Waals surface area contributed by atoms with Gasteiger partial charge < -0.3 is 19.7 Å². The molecule has 1 aliphatic heterocycles. The fourth-order valence-corrected chi connectivity index (χ4v) is 5.79. The minimum Gasteiger partial charge on any atom is -0.486 e. The quantitative estimate of drug-likeness (QED) is 0.345. The number of ether oxygens (including phenoxy) is 2. The van der Waals surface area contributed by atoms with Crippen LogP contribution in [0.4, 0.5) is 5.69 Å². The second-order valence-electron chi connectivity index (χ2n) is 10.1. The van der Waals surface area contributed by atoms with E-state index in [4.69, 9.17) is 32.7 Å². The first-order valence-electron chi connectivity index (χ1n) is 13.3. The highest BCUT2D eigenvalue weighted by Crippen LogP contribution is 2.35. The van der Waals surface area contributed by atoms with E-state index >= 15 is 0 Å². The van der Waals surface area contributed by atoms with Gasteiger partial charge in [0.15, 0.2) is 11.5 Å². The second-order valence-corrected chi connectivity index (χ2v) is 12.8. The van der Waals surface area contributed by atoms with Gasteiger partial charge in [0.2, 0.25) is 21.8 Å². The first kappa shape index (κ1) is 31.8. The third-order valence-electron chi connectivity index (χ3n) is 6.39. The zero-order valence-corrected chi connectivity index (χ0v) is 25.6. The number of nitrogens with one attached hydrogen (secondary N) is 1. The molecular weight excluding hydrogens is 577 g/mol. The lowest BCUT2D eigenvalue weighted by atomic mass is 10.1. The molecule has 40 heavy (non-hydrogen) atoms. The standard InChI is InChI=1S/C28H37Cl2N3O6S/c1-5-24(28(35)31-17-19(2)3)32(18-20-8-9-21(29)15-23(20)30)27(34)7-6-12-33(40(4,36)37)22-10-11-25-26(16-22)39-14-13-38-25/h8-11,15-16,19,24H,5-7,12-14,17-18H2,1-4H3,(H,31,35)/t24-/m1/s1. The molecule has 3 rings (SSSR count). The van der Waals surface area contributed by atoms with Crippen LogP contribution in [0.2, 0.25) is 10.0 Å². The molecule has 2 aromatic rings. The smallest absolute Gasteiger partial charge is 0.242 e. The van der Waals surface area contributed by atoms with E-state index in [1.54, 1.807) is 36.4 Å². The van der Waals surface area contributed by atoms with Gasteiger partial charge in [-0.3, -0.25) is 13.9 Å². The summed E-state index contributed by atoms with van der Waals surface area (Å²) in [7, 11) is -3.65. The molecule has 0 saturated heterocycles. The van der Waals surface area contributed by atoms with Crippen LogP contribution in [0.3, 0.4) is 0 Å². The number of carbonyl (C=O) groups excluding carboxylic acids is 2. The van der Waals surface area contributed by atoms with Crippen molar-refractivity contribution in [3.8, 4) is 11.5 Å². The Balaban J connectivity index is 1.79. The monoisotopic (exact) mass is 613 g/mol. The molecule has 9 nitrogen and oxygen atoms in total. The summed E-state index contributed by atoms with van der Waals surface area (Å²) in [4.78, 5) is 28.2. The van der Waals surface area contributed by atoms with E-state index in [9.17, 15) is 18.0 Å². The Morgan fingerprint density at radius 1 is 1.05 bits per heavy atom. The van der Waals surface area contributed by atoms with Crippen LogP contribution in [0.5, 0.6) is 11.5 Å². The molecule has 0 aliphatic carbocycles. The fraction of sp³-hybridized carbons (Fsp3) is 0.500. The Labute approximate surface area is 246 Å². The number of hydrogen-bond acceptors (Lipinski definition) is 6. The number of sulfonamides is 1. The van der Waals surface area contributed by atoms with E-state index in [2.05, 4.69) is 5.32 Å². The summed E-state index contributed by atoms with van der Waals surface area (Å²) in [6.07, 6.45) is 1.77. The summed E-state index contributed by atoms with van der Waals surface area (Å²) in [5.74, 6) is 0.741. The second kappa shape index (κ2) is 14.3. The van der Waals surface area contributed by atoms with Crippen LogP contribution in [-0.2, 0) is 26.2 Å². The van der Waals surface area contributed by atoms with Crippen molar-refractivity contribution < 1.29 is 27.5 Å². The summed E-state index contributed by atoms with van der Waals surface area (Å²) >= 11 is 12.5. The van der Waals surface area contributed by atoms with E-state index in [0.717, 1.165) is 6.26 Å². The molecule has 0 fully saturated rings. The van der Waals surface area contributed by atoms with Gasteiger partial charge in [0, 0.05) is 42.2 Å². The highest BCUT2D eigenvalue weighted by atomic mass is 35.5. The predicted octanol–water partition coefficient (Wildman–Crippen LogP) is 4.89. The molecule has 1 atom stereocenters. The molecule has 2 amide bonds. The molecule has 1 heterocycles. The van der Waals surface area contributed by atoms with Crippen LogP contribution in [0.25, 0.3) is 0 Å². The lowest BCUT2D eigenvalue weighted by Crippen LogP contribution is -2.49. The van der Waals surface area contributed by atoms with Gasteiger partial charge in [0.05, 0.1) is 11.9 Å². The number of anilines is 1. The van der Waals surface area contributed by atoms with Gasteiger partial charge in [-0.15, -0.1) is 0 Å². The summed E-state index contributed by atoms with van der Waals surface area (Å²) in [6.45, 7) is 7.29. The van der Waals surface area contributed by atoms with Crippen LogP contribution < -0.4 is 19.1 Å². The fourth-order valence-electron chi connectivity index (χ4n) is 4.37. The number of carbonyl (C=O) groups is 2. The lowest BCUT2D eigenvalue weighted by molar-refractivity contribution is -0.141. The molecule has 0 unspecified atom stereocenters. The van der Waals surface area contributed by atoms with Gasteiger partial charge in [-0.1, -0.05) is 50.0 Å². The van der Waals surface area contributed by atoms with Crippen LogP contribution in [-0.4, -0.2) is 63.7 Å². The van der Waals surface area contributed by atoms with Crippen molar-refractivity contribution in [2.75, 3.05) is 36.9 Å². The number of fused-ring (bicyclic) bond motifs is 1. The molecule has 0 saturated carbocycles. The van der Waals surface area contributed by atoms with Crippen molar-refractivity contribution in [2.45, 2.75) is 52.6 Å². The van der Waals surface area contributed by atoms with Crippen molar-refractivity contribution >= 4 is 50.7 Å². The number of rotatable bonds is 13. The normalized spacial score (nSPS) is 13.6. The van der Waals surface area contributed by atoms with Crippen LogP contribution >= 0.6 is 23.2 Å². The minimum absolute atomic E-state index is 0.0236. The molecule has 220 valence electrons. The summed E-state index contributed by atoms with van der Waals surface area (Å²) in [5, 5.41) is 3.78. The summed E-state index contributed by atoms with van der Waals surface area (Å²) in [6, 6.07) is 9.24. The highest BCUT2D eigenvalue weighted by Gasteiger charge is 2.29. The largest absolute Gasteiger partial charge is 0.486 e. The Hall–Kier alpha value is -2.69.